The van der Waals surface area contributed by atoms with Gasteiger partial charge >= 0.3 is 12.1 Å². The van der Waals surface area contributed by atoms with Crippen molar-refractivity contribution in [1.29, 1.82) is 0 Å². The topological polar surface area (TPSA) is 29.5 Å². The number of hydrogen-bond donors (Lipinski definition) is 0. The number of ether oxygens (including phenoxy) is 1. The molecular formula is C15H19ClF3NO2S. The lowest BCUT2D eigenvalue weighted by Gasteiger charge is -2.43. The Hall–Kier alpha value is -0.790. The van der Waals surface area contributed by atoms with E-state index in [9.17, 15) is 18.0 Å². The standard InChI is InChI=1S/C13H13ClF3NO2S.C2H6/c14-9-7-8-1-6-20-12(10(8)21-9)2-4-18(5-3-12)11(19)13(15,16)17;1-2/h7H,1-6H2;1-2H3. The van der Waals surface area contributed by atoms with E-state index in [1.165, 1.54) is 11.3 Å². The van der Waals surface area contributed by atoms with Crippen LogP contribution in [0, 0.1) is 0 Å². The van der Waals surface area contributed by atoms with Crippen molar-refractivity contribution in [2.24, 2.45) is 0 Å². The normalized spacial score (nSPS) is 19.8. The molecule has 1 spiro atoms. The number of hydrogen-bond acceptors (Lipinski definition) is 3. The summed E-state index contributed by atoms with van der Waals surface area (Å²) >= 11 is 7.47. The number of carbonyl (C=O) groups excluding carboxylic acids is 1. The van der Waals surface area contributed by atoms with Gasteiger partial charge in [0.1, 0.15) is 5.60 Å². The maximum Gasteiger partial charge on any atom is 0.471 e. The molecule has 0 unspecified atom stereocenters. The van der Waals surface area contributed by atoms with Crippen LogP contribution in [-0.2, 0) is 21.6 Å². The second kappa shape index (κ2) is 6.99. The summed E-state index contributed by atoms with van der Waals surface area (Å²) in [5, 5.41) is 0. The van der Waals surface area contributed by atoms with Crippen LogP contribution >= 0.6 is 22.9 Å². The number of rotatable bonds is 0. The van der Waals surface area contributed by atoms with E-state index < -0.39 is 17.7 Å². The van der Waals surface area contributed by atoms with E-state index in [0.717, 1.165) is 21.8 Å². The molecule has 2 aliphatic rings. The highest BCUT2D eigenvalue weighted by atomic mass is 35.5. The van der Waals surface area contributed by atoms with Gasteiger partial charge in [0, 0.05) is 18.0 Å². The molecule has 1 aromatic rings. The number of fused-ring (bicyclic) bond motifs is 2. The third-order valence-corrected chi connectivity index (χ3v) is 5.54. The Bertz CT molecular complexity index is 566. The first kappa shape index (κ1) is 18.5. The average molecular weight is 370 g/mol. The fraction of sp³-hybridized carbons (Fsp3) is 0.667. The van der Waals surface area contributed by atoms with E-state index >= 15 is 0 Å². The lowest BCUT2D eigenvalue weighted by molar-refractivity contribution is -0.190. The molecule has 0 bridgehead atoms. The number of carbonyl (C=O) groups is 1. The number of amides is 1. The summed E-state index contributed by atoms with van der Waals surface area (Å²) in [5.74, 6) is -1.77. The van der Waals surface area contributed by atoms with Crippen LogP contribution in [0.4, 0.5) is 13.2 Å². The molecular weight excluding hydrogens is 351 g/mol. The molecule has 0 aromatic carbocycles. The van der Waals surface area contributed by atoms with Crippen molar-refractivity contribution in [2.45, 2.75) is 44.9 Å². The molecule has 3 heterocycles. The van der Waals surface area contributed by atoms with Gasteiger partial charge in [-0.25, -0.2) is 0 Å². The first-order valence-electron chi connectivity index (χ1n) is 7.61. The van der Waals surface area contributed by atoms with E-state index in [0.29, 0.717) is 23.8 Å². The van der Waals surface area contributed by atoms with E-state index in [4.69, 9.17) is 16.3 Å². The Morgan fingerprint density at radius 1 is 1.35 bits per heavy atom. The zero-order chi connectivity index (χ0) is 17.3. The highest BCUT2D eigenvalue weighted by Gasteiger charge is 2.48. The van der Waals surface area contributed by atoms with Gasteiger partial charge in [-0.05, 0) is 30.9 Å². The van der Waals surface area contributed by atoms with Crippen LogP contribution in [0.2, 0.25) is 4.34 Å². The van der Waals surface area contributed by atoms with Gasteiger partial charge in [-0.1, -0.05) is 25.4 Å². The third-order valence-electron chi connectivity index (χ3n) is 4.04. The zero-order valence-corrected chi connectivity index (χ0v) is 14.6. The van der Waals surface area contributed by atoms with Crippen molar-refractivity contribution in [3.05, 3.63) is 20.8 Å². The Kier molecular flexibility index (Phi) is 5.63. The van der Waals surface area contributed by atoms with E-state index in [-0.39, 0.29) is 13.1 Å². The molecule has 1 aromatic heterocycles. The van der Waals surface area contributed by atoms with Crippen LogP contribution < -0.4 is 0 Å². The molecule has 0 atom stereocenters. The summed E-state index contributed by atoms with van der Waals surface area (Å²) in [6, 6.07) is 1.90. The van der Waals surface area contributed by atoms with E-state index in [1.54, 1.807) is 0 Å². The maximum atomic E-state index is 12.5. The van der Waals surface area contributed by atoms with Crippen LogP contribution in [0.1, 0.15) is 37.1 Å². The summed E-state index contributed by atoms with van der Waals surface area (Å²) in [7, 11) is 0. The predicted octanol–water partition coefficient (Wildman–Crippen LogP) is 4.38. The van der Waals surface area contributed by atoms with Gasteiger partial charge < -0.3 is 9.64 Å². The molecule has 8 heteroatoms. The first-order chi connectivity index (χ1) is 10.8. The molecule has 3 rings (SSSR count). The number of thiophene rings is 1. The lowest BCUT2D eigenvalue weighted by Crippen LogP contribution is -2.51. The maximum absolute atomic E-state index is 12.5. The minimum absolute atomic E-state index is 0.0489. The SMILES string of the molecule is CC.O=C(N1CCC2(CC1)OCCc1cc(Cl)sc12)C(F)(F)F. The molecule has 0 aliphatic carbocycles. The second-order valence-electron chi connectivity index (χ2n) is 5.29. The van der Waals surface area contributed by atoms with Gasteiger partial charge in [0.25, 0.3) is 0 Å². The van der Waals surface area contributed by atoms with E-state index in [1.807, 2.05) is 19.9 Å². The van der Waals surface area contributed by atoms with Crippen LogP contribution in [-0.4, -0.2) is 36.7 Å². The average Bonchev–Trinajstić information content (AvgIpc) is 2.91. The van der Waals surface area contributed by atoms with Gasteiger partial charge in [0.15, 0.2) is 0 Å². The Morgan fingerprint density at radius 2 is 1.96 bits per heavy atom. The molecule has 0 radical (unpaired) electrons. The molecule has 1 fully saturated rings. The molecule has 0 saturated carbocycles. The minimum atomic E-state index is -4.81. The van der Waals surface area contributed by atoms with E-state index in [2.05, 4.69) is 0 Å². The summed E-state index contributed by atoms with van der Waals surface area (Å²) < 4.78 is 44.0. The quantitative estimate of drug-likeness (QED) is 0.679. The lowest BCUT2D eigenvalue weighted by atomic mass is 9.85. The van der Waals surface area contributed by atoms with Gasteiger partial charge in [-0.15, -0.1) is 11.3 Å². The largest absolute Gasteiger partial charge is 0.471 e. The number of likely N-dealkylation sites (tertiary alicyclic amines) is 1. The number of nitrogens with zero attached hydrogens (tertiary/aromatic N) is 1. The molecule has 2 aliphatic heterocycles. The Balaban J connectivity index is 0.000000924. The van der Waals surface area contributed by atoms with Crippen molar-refractivity contribution >= 4 is 28.8 Å². The summed E-state index contributed by atoms with van der Waals surface area (Å²) in [6.45, 7) is 4.63. The Labute approximate surface area is 142 Å². The summed E-state index contributed by atoms with van der Waals surface area (Å²) in [6.07, 6.45) is -3.29. The zero-order valence-electron chi connectivity index (χ0n) is 13.0. The fourth-order valence-electron chi connectivity index (χ4n) is 3.01. The number of alkyl halides is 3. The smallest absolute Gasteiger partial charge is 0.369 e. The van der Waals surface area contributed by atoms with Crippen LogP contribution in [0.25, 0.3) is 0 Å². The molecule has 130 valence electrons. The number of piperidine rings is 1. The van der Waals surface area contributed by atoms with Crippen LogP contribution in [0.5, 0.6) is 0 Å². The third kappa shape index (κ3) is 3.67. The van der Waals surface area contributed by atoms with Gasteiger partial charge in [-0.3, -0.25) is 4.79 Å². The summed E-state index contributed by atoms with van der Waals surface area (Å²) in [5.41, 5.74) is 0.542. The second-order valence-corrected chi connectivity index (χ2v) is 6.97. The van der Waals surface area contributed by atoms with Crippen LogP contribution in [0.15, 0.2) is 6.07 Å². The Morgan fingerprint density at radius 3 is 2.52 bits per heavy atom. The van der Waals surface area contributed by atoms with Gasteiger partial charge in [-0.2, -0.15) is 13.2 Å². The molecule has 3 nitrogen and oxygen atoms in total. The van der Waals surface area contributed by atoms with Crippen molar-refractivity contribution in [3.8, 4) is 0 Å². The van der Waals surface area contributed by atoms with Crippen molar-refractivity contribution < 1.29 is 22.7 Å². The van der Waals surface area contributed by atoms with Crippen molar-refractivity contribution in [1.82, 2.24) is 4.90 Å². The van der Waals surface area contributed by atoms with Crippen molar-refractivity contribution in [2.75, 3.05) is 19.7 Å². The van der Waals surface area contributed by atoms with Crippen LogP contribution in [0.3, 0.4) is 0 Å². The monoisotopic (exact) mass is 369 g/mol. The summed E-state index contributed by atoms with van der Waals surface area (Å²) in [4.78, 5) is 13.2. The fourth-order valence-corrected chi connectivity index (χ4v) is 4.51. The highest BCUT2D eigenvalue weighted by molar-refractivity contribution is 7.16. The van der Waals surface area contributed by atoms with Gasteiger partial charge in [0.05, 0.1) is 10.9 Å². The van der Waals surface area contributed by atoms with Gasteiger partial charge in [0.2, 0.25) is 0 Å². The molecule has 0 N–H and O–H groups in total. The van der Waals surface area contributed by atoms with Crippen molar-refractivity contribution in [3.63, 3.8) is 0 Å². The number of halogens is 4. The highest BCUT2D eigenvalue weighted by Crippen LogP contribution is 2.46. The minimum Gasteiger partial charge on any atom is -0.369 e. The predicted molar refractivity (Wildman–Crippen MR) is 83.9 cm³/mol. The molecule has 1 amide bonds. The first-order valence-corrected chi connectivity index (χ1v) is 8.80. The molecule has 23 heavy (non-hydrogen) atoms. The molecule has 1 saturated heterocycles.